The van der Waals surface area contributed by atoms with Crippen LogP contribution in [0.15, 0.2) is 54.7 Å². The first kappa shape index (κ1) is 20.1. The largest absolute Gasteiger partial charge is 0.368 e. The highest BCUT2D eigenvalue weighted by Gasteiger charge is 2.22. The number of halogens is 2. The van der Waals surface area contributed by atoms with Crippen molar-refractivity contribution in [3.05, 3.63) is 71.9 Å². The molecule has 4 rings (SSSR count). The Morgan fingerprint density at radius 3 is 2.17 bits per heavy atom. The van der Waals surface area contributed by atoms with Gasteiger partial charge in [-0.15, -0.1) is 0 Å². The summed E-state index contributed by atoms with van der Waals surface area (Å²) in [5, 5.41) is 4.49. The van der Waals surface area contributed by atoms with Crippen LogP contribution in [-0.2, 0) is 18.3 Å². The molecule has 0 spiro atoms. The maximum atomic E-state index is 13.2. The lowest BCUT2D eigenvalue weighted by atomic mass is 10.0. The lowest BCUT2D eigenvalue weighted by Crippen LogP contribution is -2.48. The summed E-state index contributed by atoms with van der Waals surface area (Å²) >= 11 is 0. The normalized spacial score (nSPS) is 14.2. The molecular formula is C23H24F2N4O. The monoisotopic (exact) mass is 410 g/mol. The molecule has 1 aromatic heterocycles. The Labute approximate surface area is 174 Å². The van der Waals surface area contributed by atoms with Gasteiger partial charge in [-0.2, -0.15) is 5.10 Å². The second-order valence-corrected chi connectivity index (χ2v) is 7.53. The molecule has 2 heterocycles. The van der Waals surface area contributed by atoms with Crippen LogP contribution in [0.1, 0.15) is 12.0 Å². The molecule has 30 heavy (non-hydrogen) atoms. The fourth-order valence-electron chi connectivity index (χ4n) is 3.84. The third kappa shape index (κ3) is 4.50. The van der Waals surface area contributed by atoms with Crippen LogP contribution in [0.4, 0.5) is 14.5 Å². The number of piperazine rings is 1. The van der Waals surface area contributed by atoms with Crippen molar-refractivity contribution in [1.29, 1.82) is 0 Å². The van der Waals surface area contributed by atoms with E-state index in [-0.39, 0.29) is 17.5 Å². The maximum Gasteiger partial charge on any atom is 0.223 e. The molecule has 1 aliphatic rings. The number of aryl methyl sites for hydroxylation is 2. The third-order valence-electron chi connectivity index (χ3n) is 5.45. The van der Waals surface area contributed by atoms with E-state index in [2.05, 4.69) is 10.00 Å². The Morgan fingerprint density at radius 2 is 1.53 bits per heavy atom. The van der Waals surface area contributed by atoms with Gasteiger partial charge in [-0.05, 0) is 60.5 Å². The molecule has 0 saturated carbocycles. The van der Waals surface area contributed by atoms with Gasteiger partial charge in [0.05, 0.1) is 5.69 Å². The van der Waals surface area contributed by atoms with Crippen molar-refractivity contribution in [3.63, 3.8) is 0 Å². The fraction of sp³-hybridized carbons (Fsp3) is 0.304. The van der Waals surface area contributed by atoms with Crippen LogP contribution in [0.5, 0.6) is 0 Å². The summed E-state index contributed by atoms with van der Waals surface area (Å²) < 4.78 is 28.1. The highest BCUT2D eigenvalue weighted by molar-refractivity contribution is 5.77. The van der Waals surface area contributed by atoms with E-state index in [1.54, 1.807) is 28.9 Å². The standard InChI is InChI=1S/C23H24F2N4O/c1-27-16-18(23(26-27)17-2-5-19(24)6-3-17)4-11-22(30)29-14-12-28(13-15-29)21-9-7-20(25)8-10-21/h2-3,5-10,16H,4,11-15H2,1H3. The van der Waals surface area contributed by atoms with E-state index in [9.17, 15) is 13.6 Å². The van der Waals surface area contributed by atoms with E-state index in [4.69, 9.17) is 0 Å². The number of hydrogen-bond acceptors (Lipinski definition) is 3. The molecule has 156 valence electrons. The molecule has 1 fully saturated rings. The van der Waals surface area contributed by atoms with Crippen molar-refractivity contribution in [3.8, 4) is 11.3 Å². The fourth-order valence-corrected chi connectivity index (χ4v) is 3.84. The quantitative estimate of drug-likeness (QED) is 0.645. The first-order chi connectivity index (χ1) is 14.5. The van der Waals surface area contributed by atoms with Gasteiger partial charge in [0.15, 0.2) is 0 Å². The van der Waals surface area contributed by atoms with Crippen molar-refractivity contribution in [1.82, 2.24) is 14.7 Å². The van der Waals surface area contributed by atoms with Crippen LogP contribution < -0.4 is 4.90 Å². The molecule has 0 N–H and O–H groups in total. The highest BCUT2D eigenvalue weighted by atomic mass is 19.1. The summed E-state index contributed by atoms with van der Waals surface area (Å²) in [6.07, 6.45) is 2.90. The Hall–Kier alpha value is -3.22. The summed E-state index contributed by atoms with van der Waals surface area (Å²) in [6.45, 7) is 2.75. The second-order valence-electron chi connectivity index (χ2n) is 7.53. The lowest BCUT2D eigenvalue weighted by molar-refractivity contribution is -0.131. The van der Waals surface area contributed by atoms with E-state index in [0.29, 0.717) is 25.9 Å². The molecule has 7 heteroatoms. The smallest absolute Gasteiger partial charge is 0.223 e. The van der Waals surface area contributed by atoms with E-state index < -0.39 is 0 Å². The van der Waals surface area contributed by atoms with Crippen LogP contribution in [0.2, 0.25) is 0 Å². The molecule has 0 bridgehead atoms. The minimum absolute atomic E-state index is 0.114. The molecular weight excluding hydrogens is 386 g/mol. The van der Waals surface area contributed by atoms with Gasteiger partial charge in [0.2, 0.25) is 5.91 Å². The Balaban J connectivity index is 1.34. The molecule has 0 atom stereocenters. The third-order valence-corrected chi connectivity index (χ3v) is 5.45. The number of carbonyl (C=O) groups is 1. The number of nitrogens with zero attached hydrogens (tertiary/aromatic N) is 4. The number of rotatable bonds is 5. The minimum Gasteiger partial charge on any atom is -0.368 e. The maximum absolute atomic E-state index is 13.2. The van der Waals surface area contributed by atoms with E-state index in [1.165, 1.54) is 24.3 Å². The molecule has 0 unspecified atom stereocenters. The molecule has 0 aliphatic carbocycles. The first-order valence-corrected chi connectivity index (χ1v) is 10.1. The number of anilines is 1. The zero-order valence-electron chi connectivity index (χ0n) is 16.9. The van der Waals surface area contributed by atoms with Gasteiger partial charge in [0.25, 0.3) is 0 Å². The Morgan fingerprint density at radius 1 is 0.933 bits per heavy atom. The zero-order chi connectivity index (χ0) is 21.1. The highest BCUT2D eigenvalue weighted by Crippen LogP contribution is 2.24. The van der Waals surface area contributed by atoms with Gasteiger partial charge in [0, 0.05) is 57.1 Å². The van der Waals surface area contributed by atoms with Gasteiger partial charge in [-0.3, -0.25) is 9.48 Å². The summed E-state index contributed by atoms with van der Waals surface area (Å²) in [5.41, 5.74) is 3.57. The average Bonchev–Trinajstić information content (AvgIpc) is 3.14. The average molecular weight is 410 g/mol. The van der Waals surface area contributed by atoms with Crippen molar-refractivity contribution >= 4 is 11.6 Å². The van der Waals surface area contributed by atoms with Gasteiger partial charge in [-0.1, -0.05) is 0 Å². The summed E-state index contributed by atoms with van der Waals surface area (Å²) in [4.78, 5) is 16.8. The van der Waals surface area contributed by atoms with Gasteiger partial charge in [-0.25, -0.2) is 8.78 Å². The van der Waals surface area contributed by atoms with Crippen LogP contribution in [-0.4, -0.2) is 46.8 Å². The summed E-state index contributed by atoms with van der Waals surface area (Å²) in [6, 6.07) is 12.7. The van der Waals surface area contributed by atoms with Gasteiger partial charge >= 0.3 is 0 Å². The van der Waals surface area contributed by atoms with Crippen LogP contribution in [0.25, 0.3) is 11.3 Å². The summed E-state index contributed by atoms with van der Waals surface area (Å²) in [5.74, 6) is -0.420. The predicted molar refractivity (Wildman–Crippen MR) is 112 cm³/mol. The van der Waals surface area contributed by atoms with Crippen LogP contribution in [0, 0.1) is 11.6 Å². The molecule has 2 aromatic carbocycles. The van der Waals surface area contributed by atoms with Crippen LogP contribution >= 0.6 is 0 Å². The molecule has 1 saturated heterocycles. The Bertz CT molecular complexity index is 1010. The number of hydrogen-bond donors (Lipinski definition) is 0. The minimum atomic E-state index is -0.286. The second kappa shape index (κ2) is 8.65. The number of amides is 1. The van der Waals surface area contributed by atoms with Crippen molar-refractivity contribution in [2.45, 2.75) is 12.8 Å². The number of benzene rings is 2. The predicted octanol–water partition coefficient (Wildman–Crippen LogP) is 3.65. The number of carbonyl (C=O) groups excluding carboxylic acids is 1. The molecule has 1 amide bonds. The zero-order valence-corrected chi connectivity index (χ0v) is 16.9. The van der Waals surface area contributed by atoms with E-state index in [1.807, 2.05) is 18.1 Å². The first-order valence-electron chi connectivity index (χ1n) is 10.1. The molecule has 5 nitrogen and oxygen atoms in total. The Kier molecular flexibility index (Phi) is 5.79. The molecule has 3 aromatic rings. The van der Waals surface area contributed by atoms with Crippen molar-refractivity contribution in [2.24, 2.45) is 7.05 Å². The SMILES string of the molecule is Cn1cc(CCC(=O)N2CCN(c3ccc(F)cc3)CC2)c(-c2ccc(F)cc2)n1. The van der Waals surface area contributed by atoms with E-state index >= 15 is 0 Å². The topological polar surface area (TPSA) is 41.4 Å². The van der Waals surface area contributed by atoms with Gasteiger partial charge < -0.3 is 9.80 Å². The van der Waals surface area contributed by atoms with Crippen molar-refractivity contribution in [2.75, 3.05) is 31.1 Å². The lowest BCUT2D eigenvalue weighted by Gasteiger charge is -2.36. The van der Waals surface area contributed by atoms with Gasteiger partial charge in [0.1, 0.15) is 11.6 Å². The number of aromatic nitrogens is 2. The van der Waals surface area contributed by atoms with Crippen molar-refractivity contribution < 1.29 is 13.6 Å². The van der Waals surface area contributed by atoms with Crippen LogP contribution in [0.3, 0.4) is 0 Å². The molecule has 0 radical (unpaired) electrons. The van der Waals surface area contributed by atoms with E-state index in [0.717, 1.165) is 35.6 Å². The molecule has 1 aliphatic heterocycles. The summed E-state index contributed by atoms with van der Waals surface area (Å²) in [7, 11) is 1.84.